The third-order valence-corrected chi connectivity index (χ3v) is 6.72. The van der Waals surface area contributed by atoms with E-state index in [1.807, 2.05) is 6.92 Å². The zero-order valence-corrected chi connectivity index (χ0v) is 21.5. The molecule has 186 valence electrons. The maximum atomic E-state index is 13.4. The lowest BCUT2D eigenvalue weighted by molar-refractivity contribution is -0.132. The minimum absolute atomic E-state index is 0.135. The second-order valence-corrected chi connectivity index (χ2v) is 8.88. The van der Waals surface area contributed by atoms with Gasteiger partial charge in [-0.1, -0.05) is 41.4 Å². The highest BCUT2D eigenvalue weighted by molar-refractivity contribution is 6.52. The van der Waals surface area contributed by atoms with Crippen LogP contribution in [-0.2, 0) is 9.59 Å². The number of aliphatic hydroxyl groups excluding tert-OH is 1. The van der Waals surface area contributed by atoms with Crippen LogP contribution in [0.3, 0.4) is 0 Å². The molecule has 1 amide bonds. The SMILES string of the molecule is COc1cccc(C2/C(=C(\O)c3cc(Cl)c(OC)cc3OC)C(=O)C(=O)N2c2ccc(C)c(Cl)c2)c1. The van der Waals surface area contributed by atoms with Crippen molar-refractivity contribution >= 4 is 46.3 Å². The molecule has 0 spiro atoms. The van der Waals surface area contributed by atoms with Gasteiger partial charge in [-0.15, -0.1) is 0 Å². The van der Waals surface area contributed by atoms with Gasteiger partial charge in [0.05, 0.1) is 43.5 Å². The van der Waals surface area contributed by atoms with Crippen molar-refractivity contribution in [3.05, 3.63) is 86.9 Å². The number of rotatable bonds is 6. The van der Waals surface area contributed by atoms with Gasteiger partial charge in [-0.25, -0.2) is 0 Å². The van der Waals surface area contributed by atoms with E-state index in [0.29, 0.717) is 27.8 Å². The maximum absolute atomic E-state index is 13.4. The van der Waals surface area contributed by atoms with Crippen molar-refractivity contribution in [3.63, 3.8) is 0 Å². The number of Topliss-reactive ketones (excluding diaryl/α,β-unsaturated/α-hetero) is 1. The Hall–Kier alpha value is -3.68. The quantitative estimate of drug-likeness (QED) is 0.242. The van der Waals surface area contributed by atoms with Crippen molar-refractivity contribution < 1.29 is 28.9 Å². The molecule has 1 heterocycles. The van der Waals surface area contributed by atoms with E-state index in [1.54, 1.807) is 42.5 Å². The number of ether oxygens (including phenoxy) is 3. The molecule has 1 unspecified atom stereocenters. The van der Waals surface area contributed by atoms with E-state index >= 15 is 0 Å². The second kappa shape index (κ2) is 10.1. The van der Waals surface area contributed by atoms with Crippen LogP contribution in [0.1, 0.15) is 22.7 Å². The van der Waals surface area contributed by atoms with E-state index in [1.165, 1.54) is 38.4 Å². The summed E-state index contributed by atoms with van der Waals surface area (Å²) < 4.78 is 16.0. The van der Waals surface area contributed by atoms with Crippen molar-refractivity contribution in [1.29, 1.82) is 0 Å². The van der Waals surface area contributed by atoms with E-state index in [9.17, 15) is 14.7 Å². The Morgan fingerprint density at radius 3 is 2.25 bits per heavy atom. The van der Waals surface area contributed by atoms with E-state index in [0.717, 1.165) is 5.56 Å². The van der Waals surface area contributed by atoms with E-state index < -0.39 is 23.5 Å². The summed E-state index contributed by atoms with van der Waals surface area (Å²) in [4.78, 5) is 28.1. The first-order valence-corrected chi connectivity index (χ1v) is 11.6. The van der Waals surface area contributed by atoms with Gasteiger partial charge in [-0.3, -0.25) is 14.5 Å². The average Bonchev–Trinajstić information content (AvgIpc) is 3.15. The number of hydrogen-bond acceptors (Lipinski definition) is 6. The fourth-order valence-corrected chi connectivity index (χ4v) is 4.56. The molecule has 4 rings (SSSR count). The largest absolute Gasteiger partial charge is 0.507 e. The number of halogens is 2. The molecule has 7 nitrogen and oxygen atoms in total. The van der Waals surface area contributed by atoms with Crippen LogP contribution in [0.25, 0.3) is 5.76 Å². The molecular formula is C27H23Cl2NO6. The molecule has 1 aliphatic rings. The summed E-state index contributed by atoms with van der Waals surface area (Å²) in [5.41, 5.74) is 1.76. The molecule has 0 bridgehead atoms. The molecule has 9 heteroatoms. The molecule has 1 saturated heterocycles. The van der Waals surface area contributed by atoms with Crippen molar-refractivity contribution in [1.82, 2.24) is 0 Å². The summed E-state index contributed by atoms with van der Waals surface area (Å²) in [6.07, 6.45) is 0. The number of hydrogen-bond donors (Lipinski definition) is 1. The molecule has 1 fully saturated rings. The summed E-state index contributed by atoms with van der Waals surface area (Å²) in [5.74, 6) is -1.07. The molecule has 36 heavy (non-hydrogen) atoms. The molecule has 1 atom stereocenters. The van der Waals surface area contributed by atoms with Crippen LogP contribution in [-0.4, -0.2) is 38.1 Å². The lowest BCUT2D eigenvalue weighted by Gasteiger charge is -2.26. The van der Waals surface area contributed by atoms with Gasteiger partial charge >= 0.3 is 0 Å². The predicted octanol–water partition coefficient (Wildman–Crippen LogP) is 5.95. The molecule has 0 aliphatic carbocycles. The predicted molar refractivity (Wildman–Crippen MR) is 139 cm³/mol. The highest BCUT2D eigenvalue weighted by Crippen LogP contribution is 2.45. The summed E-state index contributed by atoms with van der Waals surface area (Å²) >= 11 is 12.7. The first-order valence-electron chi connectivity index (χ1n) is 10.8. The third-order valence-electron chi connectivity index (χ3n) is 6.02. The molecule has 0 aromatic heterocycles. The normalized spacial score (nSPS) is 16.8. The Morgan fingerprint density at radius 1 is 0.889 bits per heavy atom. The first kappa shape index (κ1) is 25.4. The minimum Gasteiger partial charge on any atom is -0.507 e. The standard InChI is InChI=1S/C27H23Cl2NO6/c1-14-8-9-16(11-19(14)28)30-24(15-6-5-7-17(10-15)34-2)23(26(32)27(30)33)25(31)18-12-20(29)22(36-4)13-21(18)35-3/h5-13,24,31H,1-4H3/b25-23+. The molecular weight excluding hydrogens is 505 g/mol. The van der Waals surface area contributed by atoms with Gasteiger partial charge in [0, 0.05) is 16.8 Å². The molecule has 3 aromatic rings. The molecule has 1 N–H and O–H groups in total. The number of aliphatic hydroxyl groups is 1. The maximum Gasteiger partial charge on any atom is 0.300 e. The molecule has 3 aromatic carbocycles. The lowest BCUT2D eigenvalue weighted by Crippen LogP contribution is -2.29. The number of aryl methyl sites for hydroxylation is 1. The van der Waals surface area contributed by atoms with Crippen molar-refractivity contribution in [2.24, 2.45) is 0 Å². The fourth-order valence-electron chi connectivity index (χ4n) is 4.15. The zero-order valence-electron chi connectivity index (χ0n) is 20.0. The number of carbonyl (C=O) groups excluding carboxylic acids is 2. The number of amides is 1. The Bertz CT molecular complexity index is 1400. The van der Waals surface area contributed by atoms with Gasteiger partial charge < -0.3 is 19.3 Å². The van der Waals surface area contributed by atoms with Crippen LogP contribution in [0.2, 0.25) is 10.0 Å². The van der Waals surface area contributed by atoms with Gasteiger partial charge in [0.1, 0.15) is 23.0 Å². The fraction of sp³-hybridized carbons (Fsp3) is 0.185. The van der Waals surface area contributed by atoms with Gasteiger partial charge in [0.25, 0.3) is 11.7 Å². The first-order chi connectivity index (χ1) is 17.2. The Kier molecular flexibility index (Phi) is 7.15. The Balaban J connectivity index is 2.01. The van der Waals surface area contributed by atoms with Gasteiger partial charge in [-0.2, -0.15) is 0 Å². The number of benzene rings is 3. The lowest BCUT2D eigenvalue weighted by atomic mass is 9.94. The van der Waals surface area contributed by atoms with E-state index in [-0.39, 0.29) is 21.9 Å². The Morgan fingerprint density at radius 2 is 1.61 bits per heavy atom. The number of ketones is 1. The minimum atomic E-state index is -0.982. The van der Waals surface area contributed by atoms with Crippen LogP contribution in [0, 0.1) is 6.92 Å². The van der Waals surface area contributed by atoms with Crippen molar-refractivity contribution in [3.8, 4) is 17.2 Å². The van der Waals surface area contributed by atoms with Crippen LogP contribution in [0.15, 0.2) is 60.2 Å². The number of carbonyl (C=O) groups is 2. The van der Waals surface area contributed by atoms with Gasteiger partial charge in [0.2, 0.25) is 0 Å². The monoisotopic (exact) mass is 527 g/mol. The number of nitrogens with zero attached hydrogens (tertiary/aromatic N) is 1. The van der Waals surface area contributed by atoms with Crippen molar-refractivity contribution in [2.75, 3.05) is 26.2 Å². The molecule has 1 aliphatic heterocycles. The van der Waals surface area contributed by atoms with Gasteiger partial charge in [0.15, 0.2) is 0 Å². The van der Waals surface area contributed by atoms with Crippen LogP contribution in [0.5, 0.6) is 17.2 Å². The smallest absolute Gasteiger partial charge is 0.300 e. The molecule has 0 radical (unpaired) electrons. The van der Waals surface area contributed by atoms with Crippen LogP contribution < -0.4 is 19.1 Å². The number of methoxy groups -OCH3 is 3. The summed E-state index contributed by atoms with van der Waals surface area (Å²) in [6, 6.07) is 13.9. The van der Waals surface area contributed by atoms with Gasteiger partial charge in [-0.05, 0) is 48.4 Å². The van der Waals surface area contributed by atoms with Crippen LogP contribution >= 0.6 is 23.2 Å². The highest BCUT2D eigenvalue weighted by Gasteiger charge is 2.47. The third kappa shape index (κ3) is 4.36. The second-order valence-electron chi connectivity index (χ2n) is 8.07. The summed E-state index contributed by atoms with van der Waals surface area (Å²) in [5, 5.41) is 12.1. The van der Waals surface area contributed by atoms with Crippen molar-refractivity contribution in [2.45, 2.75) is 13.0 Å². The highest BCUT2D eigenvalue weighted by atomic mass is 35.5. The summed E-state index contributed by atoms with van der Waals surface area (Å²) in [6.45, 7) is 1.83. The summed E-state index contributed by atoms with van der Waals surface area (Å²) in [7, 11) is 4.37. The van der Waals surface area contributed by atoms with Crippen LogP contribution in [0.4, 0.5) is 5.69 Å². The number of anilines is 1. The topological polar surface area (TPSA) is 85.3 Å². The zero-order chi connectivity index (χ0) is 26.1. The molecule has 0 saturated carbocycles. The van der Waals surface area contributed by atoms with E-state index in [2.05, 4.69) is 0 Å². The average molecular weight is 528 g/mol. The Labute approximate surface area is 218 Å². The van der Waals surface area contributed by atoms with E-state index in [4.69, 9.17) is 37.4 Å².